The average Bonchev–Trinajstić information content (AvgIpc) is 2.55. The molecule has 0 atom stereocenters. The minimum Gasteiger partial charge on any atom is -0.327 e. The summed E-state index contributed by atoms with van der Waals surface area (Å²) in [5.41, 5.74) is 0.601. The van der Waals surface area contributed by atoms with Crippen LogP contribution in [0.3, 0.4) is 0 Å². The Balaban J connectivity index is 1.78. The molecule has 1 heterocycles. The number of benzene rings is 2. The number of hydrogen-bond acceptors (Lipinski definition) is 2. The smallest absolute Gasteiger partial charge is 0.258 e. The first-order chi connectivity index (χ1) is 11.1. The van der Waals surface area contributed by atoms with Crippen molar-refractivity contribution in [1.29, 1.82) is 0 Å². The van der Waals surface area contributed by atoms with Gasteiger partial charge in [-0.15, -0.1) is 0 Å². The molecule has 2 aromatic carbocycles. The van der Waals surface area contributed by atoms with Crippen LogP contribution in [0.15, 0.2) is 48.5 Å². The predicted octanol–water partition coefficient (Wildman–Crippen LogP) is 2.97. The van der Waals surface area contributed by atoms with Gasteiger partial charge in [0.1, 0.15) is 12.4 Å². The molecule has 0 bridgehead atoms. The number of para-hydroxylation sites is 1. The lowest BCUT2D eigenvalue weighted by Crippen LogP contribution is -2.52. The summed E-state index contributed by atoms with van der Waals surface area (Å²) >= 11 is 5.92. The van der Waals surface area contributed by atoms with Crippen LogP contribution in [0.4, 0.5) is 10.1 Å². The maximum Gasteiger partial charge on any atom is 0.258 e. The Bertz CT molecular complexity index is 731. The van der Waals surface area contributed by atoms with Crippen molar-refractivity contribution in [2.45, 2.75) is 0 Å². The van der Waals surface area contributed by atoms with Crippen LogP contribution < -0.4 is 4.90 Å². The number of anilines is 1. The average molecular weight is 333 g/mol. The summed E-state index contributed by atoms with van der Waals surface area (Å²) in [6.45, 7) is 0.586. The van der Waals surface area contributed by atoms with Crippen molar-refractivity contribution in [3.05, 3.63) is 64.9 Å². The number of amides is 2. The molecule has 2 aromatic rings. The Kier molecular flexibility index (Phi) is 4.30. The molecular formula is C17H14ClFN2O2. The highest BCUT2D eigenvalue weighted by Gasteiger charge is 2.30. The second-order valence-electron chi connectivity index (χ2n) is 5.20. The quantitative estimate of drug-likeness (QED) is 0.848. The summed E-state index contributed by atoms with van der Waals surface area (Å²) < 4.78 is 13.9. The number of hydrogen-bond donors (Lipinski definition) is 0. The van der Waals surface area contributed by atoms with E-state index in [2.05, 4.69) is 0 Å². The summed E-state index contributed by atoms with van der Waals surface area (Å²) in [4.78, 5) is 27.7. The highest BCUT2D eigenvalue weighted by molar-refractivity contribution is 6.33. The minimum atomic E-state index is -0.680. The molecule has 4 nitrogen and oxygen atoms in total. The largest absolute Gasteiger partial charge is 0.327 e. The van der Waals surface area contributed by atoms with Gasteiger partial charge in [-0.1, -0.05) is 35.9 Å². The fraction of sp³-hybridized carbons (Fsp3) is 0.176. The molecule has 2 amide bonds. The van der Waals surface area contributed by atoms with Crippen molar-refractivity contribution in [2.24, 2.45) is 0 Å². The second-order valence-corrected chi connectivity index (χ2v) is 5.61. The molecule has 0 unspecified atom stereocenters. The standard InChI is InChI=1S/C17H14ClFN2O2/c18-13-7-4-8-14(19)16(13)17(23)20-9-10-21(15(22)11-20)12-5-2-1-3-6-12/h1-8H,9-11H2. The van der Waals surface area contributed by atoms with Gasteiger partial charge in [0.15, 0.2) is 0 Å². The monoisotopic (exact) mass is 332 g/mol. The Morgan fingerprint density at radius 3 is 2.43 bits per heavy atom. The first-order valence-electron chi connectivity index (χ1n) is 7.16. The number of piperazine rings is 1. The molecule has 0 aromatic heterocycles. The van der Waals surface area contributed by atoms with E-state index in [1.54, 1.807) is 4.90 Å². The van der Waals surface area contributed by atoms with E-state index in [4.69, 9.17) is 11.6 Å². The molecule has 0 radical (unpaired) electrons. The molecule has 118 valence electrons. The van der Waals surface area contributed by atoms with Crippen LogP contribution >= 0.6 is 11.6 Å². The van der Waals surface area contributed by atoms with E-state index in [1.807, 2.05) is 30.3 Å². The molecule has 0 spiro atoms. The van der Waals surface area contributed by atoms with Crippen molar-refractivity contribution in [3.8, 4) is 0 Å². The van der Waals surface area contributed by atoms with Crippen molar-refractivity contribution in [2.75, 3.05) is 24.5 Å². The van der Waals surface area contributed by atoms with Gasteiger partial charge in [-0.3, -0.25) is 9.59 Å². The van der Waals surface area contributed by atoms with Gasteiger partial charge in [0.25, 0.3) is 5.91 Å². The molecule has 0 saturated carbocycles. The molecule has 1 saturated heterocycles. The summed E-state index contributed by atoms with van der Waals surface area (Å²) in [6, 6.07) is 13.3. The number of carbonyl (C=O) groups is 2. The van der Waals surface area contributed by atoms with Crippen LogP contribution in [0, 0.1) is 5.82 Å². The second kappa shape index (κ2) is 6.38. The first-order valence-corrected chi connectivity index (χ1v) is 7.54. The van der Waals surface area contributed by atoms with Gasteiger partial charge in [0, 0.05) is 18.8 Å². The van der Waals surface area contributed by atoms with Crippen LogP contribution in [0.5, 0.6) is 0 Å². The highest BCUT2D eigenvalue weighted by atomic mass is 35.5. The van der Waals surface area contributed by atoms with E-state index < -0.39 is 11.7 Å². The van der Waals surface area contributed by atoms with Gasteiger partial charge in [0.2, 0.25) is 5.91 Å². The molecule has 1 fully saturated rings. The topological polar surface area (TPSA) is 40.6 Å². The van der Waals surface area contributed by atoms with Crippen molar-refractivity contribution < 1.29 is 14.0 Å². The third-order valence-electron chi connectivity index (χ3n) is 3.75. The van der Waals surface area contributed by atoms with Gasteiger partial charge in [0.05, 0.1) is 10.6 Å². The molecule has 3 rings (SSSR count). The highest BCUT2D eigenvalue weighted by Crippen LogP contribution is 2.23. The molecule has 6 heteroatoms. The van der Waals surface area contributed by atoms with Gasteiger partial charge in [-0.05, 0) is 24.3 Å². The lowest BCUT2D eigenvalue weighted by Gasteiger charge is -2.34. The van der Waals surface area contributed by atoms with E-state index in [0.717, 1.165) is 5.69 Å². The van der Waals surface area contributed by atoms with E-state index in [-0.39, 0.29) is 23.0 Å². The summed E-state index contributed by atoms with van der Waals surface area (Å²) in [5.74, 6) is -1.45. The van der Waals surface area contributed by atoms with Crippen molar-refractivity contribution in [3.63, 3.8) is 0 Å². The molecule has 0 aliphatic carbocycles. The van der Waals surface area contributed by atoms with Crippen LogP contribution in [0.25, 0.3) is 0 Å². The zero-order valence-electron chi connectivity index (χ0n) is 12.2. The summed E-state index contributed by atoms with van der Waals surface area (Å²) in [5, 5.41) is 0.0490. The van der Waals surface area contributed by atoms with Crippen LogP contribution in [0.2, 0.25) is 5.02 Å². The van der Waals surface area contributed by atoms with E-state index >= 15 is 0 Å². The fourth-order valence-corrected chi connectivity index (χ4v) is 2.83. The van der Waals surface area contributed by atoms with Crippen molar-refractivity contribution in [1.82, 2.24) is 4.90 Å². The Morgan fingerprint density at radius 2 is 1.78 bits per heavy atom. The molecule has 23 heavy (non-hydrogen) atoms. The maximum absolute atomic E-state index is 13.9. The van der Waals surface area contributed by atoms with Gasteiger partial charge < -0.3 is 9.80 Å². The normalized spacial score (nSPS) is 15.0. The molecule has 1 aliphatic heterocycles. The number of nitrogens with zero attached hydrogens (tertiary/aromatic N) is 2. The van der Waals surface area contributed by atoms with E-state index in [1.165, 1.54) is 23.1 Å². The zero-order valence-corrected chi connectivity index (χ0v) is 13.0. The minimum absolute atomic E-state index is 0.0490. The van der Waals surface area contributed by atoms with Crippen LogP contribution in [-0.4, -0.2) is 36.3 Å². The molecular weight excluding hydrogens is 319 g/mol. The van der Waals surface area contributed by atoms with Gasteiger partial charge in [-0.2, -0.15) is 0 Å². The third-order valence-corrected chi connectivity index (χ3v) is 4.07. The van der Waals surface area contributed by atoms with Gasteiger partial charge >= 0.3 is 0 Å². The maximum atomic E-state index is 13.9. The summed E-state index contributed by atoms with van der Waals surface area (Å²) in [7, 11) is 0. The number of carbonyl (C=O) groups excluding carboxylic acids is 2. The van der Waals surface area contributed by atoms with Crippen LogP contribution in [-0.2, 0) is 4.79 Å². The first kappa shape index (κ1) is 15.5. The SMILES string of the molecule is O=C(c1c(F)cccc1Cl)N1CCN(c2ccccc2)C(=O)C1. The Labute approximate surface area is 138 Å². The van der Waals surface area contributed by atoms with E-state index in [9.17, 15) is 14.0 Å². The summed E-state index contributed by atoms with van der Waals surface area (Å²) in [6.07, 6.45) is 0. The lowest BCUT2D eigenvalue weighted by molar-refractivity contribution is -0.120. The van der Waals surface area contributed by atoms with Crippen molar-refractivity contribution >= 4 is 29.1 Å². The Hall–Kier alpha value is -2.40. The number of rotatable bonds is 2. The van der Waals surface area contributed by atoms with Gasteiger partial charge in [-0.25, -0.2) is 4.39 Å². The predicted molar refractivity (Wildman–Crippen MR) is 86.1 cm³/mol. The Morgan fingerprint density at radius 1 is 1.04 bits per heavy atom. The fourth-order valence-electron chi connectivity index (χ4n) is 2.59. The number of halogens is 2. The zero-order chi connectivity index (χ0) is 16.4. The third kappa shape index (κ3) is 3.05. The lowest BCUT2D eigenvalue weighted by atomic mass is 10.1. The van der Waals surface area contributed by atoms with Crippen LogP contribution in [0.1, 0.15) is 10.4 Å². The molecule has 1 aliphatic rings. The molecule has 0 N–H and O–H groups in total. The van der Waals surface area contributed by atoms with E-state index in [0.29, 0.717) is 13.1 Å².